The Morgan fingerprint density at radius 3 is 2.29 bits per heavy atom. The van der Waals surface area contributed by atoms with Crippen molar-refractivity contribution >= 4 is 5.69 Å². The molecule has 0 amide bonds. The third-order valence-corrected chi connectivity index (χ3v) is 2.78. The quantitative estimate of drug-likeness (QED) is 0.827. The Labute approximate surface area is 103 Å². The standard InChI is InChI=1S/C16H18N/c1-12-8-13(2)10-15(9-12)11-17-16-7-5-4-6-14(16)3/h4-10,17H,3,11H2,1-2H3. The van der Waals surface area contributed by atoms with Gasteiger partial charge in [0, 0.05) is 12.2 Å². The molecule has 17 heavy (non-hydrogen) atoms. The molecule has 0 saturated carbocycles. The molecule has 0 aliphatic heterocycles. The summed E-state index contributed by atoms with van der Waals surface area (Å²) < 4.78 is 0. The molecule has 0 fully saturated rings. The highest BCUT2D eigenvalue weighted by Crippen LogP contribution is 2.15. The van der Waals surface area contributed by atoms with Crippen LogP contribution in [-0.4, -0.2) is 0 Å². The van der Waals surface area contributed by atoms with Crippen molar-refractivity contribution in [3.8, 4) is 0 Å². The van der Waals surface area contributed by atoms with Gasteiger partial charge in [-0.1, -0.05) is 47.5 Å². The van der Waals surface area contributed by atoms with Crippen LogP contribution in [0.1, 0.15) is 22.3 Å². The van der Waals surface area contributed by atoms with Gasteiger partial charge in [0.25, 0.3) is 0 Å². The number of hydrogen-bond acceptors (Lipinski definition) is 1. The van der Waals surface area contributed by atoms with Gasteiger partial charge in [-0.3, -0.25) is 0 Å². The van der Waals surface area contributed by atoms with Crippen molar-refractivity contribution in [2.75, 3.05) is 5.32 Å². The van der Waals surface area contributed by atoms with Gasteiger partial charge in [0.2, 0.25) is 0 Å². The minimum atomic E-state index is 0.842. The average molecular weight is 224 g/mol. The second kappa shape index (κ2) is 5.05. The highest BCUT2D eigenvalue weighted by Gasteiger charge is 1.98. The van der Waals surface area contributed by atoms with E-state index in [0.717, 1.165) is 17.8 Å². The number of aryl methyl sites for hydroxylation is 2. The fourth-order valence-corrected chi connectivity index (χ4v) is 2.06. The van der Waals surface area contributed by atoms with Crippen LogP contribution in [0.15, 0.2) is 42.5 Å². The largest absolute Gasteiger partial charge is 0.381 e. The fraction of sp³-hybridized carbons (Fsp3) is 0.188. The van der Waals surface area contributed by atoms with Crippen LogP contribution < -0.4 is 5.32 Å². The Morgan fingerprint density at radius 1 is 1.00 bits per heavy atom. The van der Waals surface area contributed by atoms with E-state index >= 15 is 0 Å². The first-order valence-corrected chi connectivity index (χ1v) is 5.87. The summed E-state index contributed by atoms with van der Waals surface area (Å²) in [5.41, 5.74) is 6.07. The molecule has 0 spiro atoms. The minimum Gasteiger partial charge on any atom is -0.381 e. The van der Waals surface area contributed by atoms with Gasteiger partial charge in [-0.05, 0) is 38.0 Å². The summed E-state index contributed by atoms with van der Waals surface area (Å²) in [6, 6.07) is 14.7. The van der Waals surface area contributed by atoms with Crippen molar-refractivity contribution < 1.29 is 0 Å². The molecule has 0 bridgehead atoms. The van der Waals surface area contributed by atoms with E-state index in [1.807, 2.05) is 18.2 Å². The second-order valence-electron chi connectivity index (χ2n) is 4.51. The Morgan fingerprint density at radius 2 is 1.65 bits per heavy atom. The number of hydrogen-bond donors (Lipinski definition) is 1. The van der Waals surface area contributed by atoms with Gasteiger partial charge in [-0.25, -0.2) is 0 Å². The van der Waals surface area contributed by atoms with Crippen molar-refractivity contribution in [3.63, 3.8) is 0 Å². The molecule has 87 valence electrons. The molecular formula is C16H18N. The smallest absolute Gasteiger partial charge is 0.0401 e. The Hall–Kier alpha value is -1.76. The normalized spacial score (nSPS) is 10.3. The van der Waals surface area contributed by atoms with Crippen molar-refractivity contribution in [2.45, 2.75) is 20.4 Å². The molecule has 2 aromatic carbocycles. The van der Waals surface area contributed by atoms with Crippen LogP contribution in [0.5, 0.6) is 0 Å². The highest BCUT2D eigenvalue weighted by atomic mass is 14.9. The first kappa shape index (κ1) is 11.7. The van der Waals surface area contributed by atoms with Gasteiger partial charge in [0.15, 0.2) is 0 Å². The number of anilines is 1. The van der Waals surface area contributed by atoms with Crippen LogP contribution in [0.4, 0.5) is 5.69 Å². The average Bonchev–Trinajstić information content (AvgIpc) is 2.27. The van der Waals surface area contributed by atoms with E-state index < -0.39 is 0 Å². The summed E-state index contributed by atoms with van der Waals surface area (Å²) in [7, 11) is 0. The zero-order valence-electron chi connectivity index (χ0n) is 10.5. The number of para-hydroxylation sites is 1. The summed E-state index contributed by atoms with van der Waals surface area (Å²) in [6.45, 7) is 9.11. The van der Waals surface area contributed by atoms with Gasteiger partial charge >= 0.3 is 0 Å². The van der Waals surface area contributed by atoms with Gasteiger partial charge < -0.3 is 5.32 Å². The van der Waals surface area contributed by atoms with Crippen molar-refractivity contribution in [2.24, 2.45) is 0 Å². The molecule has 1 radical (unpaired) electrons. The molecule has 0 atom stereocenters. The molecule has 2 rings (SSSR count). The van der Waals surface area contributed by atoms with Crippen LogP contribution in [0.2, 0.25) is 0 Å². The van der Waals surface area contributed by atoms with Crippen LogP contribution in [0.25, 0.3) is 0 Å². The first-order chi connectivity index (χ1) is 8.15. The second-order valence-corrected chi connectivity index (χ2v) is 4.51. The van der Waals surface area contributed by atoms with Crippen molar-refractivity contribution in [1.29, 1.82) is 0 Å². The molecule has 0 aromatic heterocycles. The van der Waals surface area contributed by atoms with Gasteiger partial charge in [0.05, 0.1) is 0 Å². The van der Waals surface area contributed by atoms with E-state index in [0.29, 0.717) is 0 Å². The number of rotatable bonds is 3. The molecule has 1 N–H and O–H groups in total. The molecule has 0 aliphatic carbocycles. The monoisotopic (exact) mass is 224 g/mol. The Kier molecular flexibility index (Phi) is 3.48. The van der Waals surface area contributed by atoms with Crippen LogP contribution >= 0.6 is 0 Å². The lowest BCUT2D eigenvalue weighted by atomic mass is 10.1. The van der Waals surface area contributed by atoms with Crippen LogP contribution in [0, 0.1) is 20.8 Å². The van der Waals surface area contributed by atoms with E-state index in [-0.39, 0.29) is 0 Å². The predicted octanol–water partition coefficient (Wildman–Crippen LogP) is 4.10. The third kappa shape index (κ3) is 3.10. The first-order valence-electron chi connectivity index (χ1n) is 5.87. The molecule has 0 aliphatic rings. The van der Waals surface area contributed by atoms with E-state index in [1.165, 1.54) is 16.7 Å². The maximum atomic E-state index is 4.01. The van der Waals surface area contributed by atoms with E-state index in [9.17, 15) is 0 Å². The van der Waals surface area contributed by atoms with Crippen molar-refractivity contribution in [3.05, 3.63) is 71.6 Å². The molecule has 0 heterocycles. The molecular weight excluding hydrogens is 206 g/mol. The summed E-state index contributed by atoms with van der Waals surface area (Å²) in [5, 5.41) is 3.42. The fourth-order valence-electron chi connectivity index (χ4n) is 2.06. The summed E-state index contributed by atoms with van der Waals surface area (Å²) in [4.78, 5) is 0. The lowest BCUT2D eigenvalue weighted by Crippen LogP contribution is -2.01. The molecule has 1 nitrogen and oxygen atoms in total. The van der Waals surface area contributed by atoms with E-state index in [4.69, 9.17) is 0 Å². The summed E-state index contributed by atoms with van der Waals surface area (Å²) in [6.07, 6.45) is 0. The summed E-state index contributed by atoms with van der Waals surface area (Å²) >= 11 is 0. The van der Waals surface area contributed by atoms with Gasteiger partial charge in [-0.2, -0.15) is 0 Å². The minimum absolute atomic E-state index is 0.842. The number of benzene rings is 2. The van der Waals surface area contributed by atoms with Crippen molar-refractivity contribution in [1.82, 2.24) is 0 Å². The lowest BCUT2D eigenvalue weighted by Gasteiger charge is -2.10. The van der Waals surface area contributed by atoms with Gasteiger partial charge in [-0.15, -0.1) is 0 Å². The van der Waals surface area contributed by atoms with Crippen LogP contribution in [0.3, 0.4) is 0 Å². The van der Waals surface area contributed by atoms with Gasteiger partial charge in [0.1, 0.15) is 0 Å². The maximum absolute atomic E-state index is 4.01. The number of nitrogens with one attached hydrogen (secondary N) is 1. The van der Waals surface area contributed by atoms with E-state index in [2.05, 4.69) is 50.4 Å². The zero-order chi connectivity index (χ0) is 12.3. The zero-order valence-corrected chi connectivity index (χ0v) is 10.5. The molecule has 2 aromatic rings. The van der Waals surface area contributed by atoms with Crippen LogP contribution in [-0.2, 0) is 6.54 Å². The van der Waals surface area contributed by atoms with E-state index in [1.54, 1.807) is 0 Å². The molecule has 0 saturated heterocycles. The molecule has 0 unspecified atom stereocenters. The maximum Gasteiger partial charge on any atom is 0.0401 e. The SMILES string of the molecule is [CH2]c1ccccc1NCc1cc(C)cc(C)c1. The summed E-state index contributed by atoms with van der Waals surface area (Å²) in [5.74, 6) is 0. The third-order valence-electron chi connectivity index (χ3n) is 2.78. The Balaban J connectivity index is 2.10. The Bertz CT molecular complexity index is 494. The highest BCUT2D eigenvalue weighted by molar-refractivity contribution is 5.52. The molecule has 1 heteroatoms. The lowest BCUT2D eigenvalue weighted by molar-refractivity contribution is 1.13. The predicted molar refractivity (Wildman–Crippen MR) is 74.1 cm³/mol. The topological polar surface area (TPSA) is 12.0 Å².